The number of carbonyl (C=O) groups is 1. The van der Waals surface area contributed by atoms with Crippen LogP contribution in [0, 0.1) is 0 Å². The summed E-state index contributed by atoms with van der Waals surface area (Å²) < 4.78 is 0. The lowest BCUT2D eigenvalue weighted by Crippen LogP contribution is -2.15. The molecule has 0 aromatic heterocycles. The second kappa shape index (κ2) is 7.01. The molecule has 1 aromatic rings. The average molecular weight is 280 g/mol. The molecule has 16 heavy (non-hydrogen) atoms. The quantitative estimate of drug-likeness (QED) is 0.815. The molecule has 0 aliphatic heterocycles. The van der Waals surface area contributed by atoms with E-state index in [4.69, 9.17) is 28.3 Å². The number of nitrogens with one attached hydrogen (secondary N) is 1. The van der Waals surface area contributed by atoms with Gasteiger partial charge in [-0.2, -0.15) is 0 Å². The fraction of sp³-hybridized carbons (Fsp3) is 0.300. The Balaban J connectivity index is 2.53. The smallest absolute Gasteiger partial charge is 0.234 e. The molecular formula is C10H11Cl2NO2S. The highest BCUT2D eigenvalue weighted by Gasteiger charge is 2.07. The standard InChI is InChI=1S/C10H11Cl2NO2S/c11-7-2-1-3-8(10(7)12)13-9(15)6-16-5-4-14/h1-3,14H,4-6H2,(H,13,15). The second-order valence-electron chi connectivity index (χ2n) is 2.93. The summed E-state index contributed by atoms with van der Waals surface area (Å²) in [6, 6.07) is 5.05. The van der Waals surface area contributed by atoms with Gasteiger partial charge in [-0.3, -0.25) is 4.79 Å². The van der Waals surface area contributed by atoms with Crippen LogP contribution >= 0.6 is 35.0 Å². The van der Waals surface area contributed by atoms with Crippen molar-refractivity contribution in [3.05, 3.63) is 28.2 Å². The third kappa shape index (κ3) is 4.22. The van der Waals surface area contributed by atoms with E-state index in [-0.39, 0.29) is 18.3 Å². The van der Waals surface area contributed by atoms with Gasteiger partial charge in [0.15, 0.2) is 0 Å². The lowest BCUT2D eigenvalue weighted by molar-refractivity contribution is -0.113. The third-order valence-electron chi connectivity index (χ3n) is 1.69. The molecule has 0 aliphatic rings. The third-order valence-corrected chi connectivity index (χ3v) is 3.45. The van der Waals surface area contributed by atoms with E-state index in [2.05, 4.69) is 5.32 Å². The predicted molar refractivity (Wildman–Crippen MR) is 69.5 cm³/mol. The Bertz CT molecular complexity index is 374. The maximum Gasteiger partial charge on any atom is 0.234 e. The van der Waals surface area contributed by atoms with Gasteiger partial charge in [-0.25, -0.2) is 0 Å². The topological polar surface area (TPSA) is 49.3 Å². The summed E-state index contributed by atoms with van der Waals surface area (Å²) in [6.07, 6.45) is 0. The van der Waals surface area contributed by atoms with Crippen LogP contribution in [-0.2, 0) is 4.79 Å². The lowest BCUT2D eigenvalue weighted by atomic mass is 10.3. The van der Waals surface area contributed by atoms with Gasteiger partial charge in [0.1, 0.15) is 0 Å². The van der Waals surface area contributed by atoms with Crippen LogP contribution in [0.15, 0.2) is 18.2 Å². The Morgan fingerprint density at radius 2 is 2.19 bits per heavy atom. The molecule has 1 aromatic carbocycles. The van der Waals surface area contributed by atoms with E-state index in [0.717, 1.165) is 0 Å². The van der Waals surface area contributed by atoms with E-state index in [0.29, 0.717) is 21.5 Å². The number of anilines is 1. The van der Waals surface area contributed by atoms with Crippen molar-refractivity contribution in [1.82, 2.24) is 0 Å². The van der Waals surface area contributed by atoms with Crippen LogP contribution in [0.5, 0.6) is 0 Å². The Kier molecular flexibility index (Phi) is 5.98. The average Bonchev–Trinajstić information content (AvgIpc) is 2.25. The number of hydrogen-bond acceptors (Lipinski definition) is 3. The minimum absolute atomic E-state index is 0.0653. The van der Waals surface area contributed by atoms with E-state index >= 15 is 0 Å². The first-order valence-corrected chi connectivity index (χ1v) is 6.48. The highest BCUT2D eigenvalue weighted by atomic mass is 35.5. The number of halogens is 2. The van der Waals surface area contributed by atoms with Gasteiger partial charge in [0.25, 0.3) is 0 Å². The van der Waals surface area contributed by atoms with Crippen LogP contribution in [0.2, 0.25) is 10.0 Å². The molecule has 0 spiro atoms. The first-order valence-electron chi connectivity index (χ1n) is 4.57. The second-order valence-corrected chi connectivity index (χ2v) is 4.82. The van der Waals surface area contributed by atoms with Crippen molar-refractivity contribution in [3.8, 4) is 0 Å². The maximum absolute atomic E-state index is 11.4. The molecule has 0 radical (unpaired) electrons. The Labute approximate surface area is 108 Å². The van der Waals surface area contributed by atoms with E-state index < -0.39 is 0 Å². The molecule has 0 aliphatic carbocycles. The molecule has 88 valence electrons. The fourth-order valence-electron chi connectivity index (χ4n) is 1.02. The first kappa shape index (κ1) is 13.6. The summed E-state index contributed by atoms with van der Waals surface area (Å²) in [5, 5.41) is 12.0. The molecule has 0 saturated carbocycles. The number of amides is 1. The van der Waals surface area contributed by atoms with E-state index in [1.165, 1.54) is 11.8 Å². The maximum atomic E-state index is 11.4. The van der Waals surface area contributed by atoms with Crippen LogP contribution in [0.1, 0.15) is 0 Å². The number of rotatable bonds is 5. The normalized spacial score (nSPS) is 10.2. The molecule has 0 atom stereocenters. The van der Waals surface area contributed by atoms with Gasteiger partial charge in [-0.1, -0.05) is 29.3 Å². The molecule has 1 rings (SSSR count). The number of aliphatic hydroxyl groups excluding tert-OH is 1. The number of thioether (sulfide) groups is 1. The number of hydrogen-bond donors (Lipinski definition) is 2. The first-order chi connectivity index (χ1) is 7.65. The Hall–Kier alpha value is -0.420. The zero-order valence-electron chi connectivity index (χ0n) is 8.37. The van der Waals surface area contributed by atoms with Crippen molar-refractivity contribution in [2.75, 3.05) is 23.4 Å². The zero-order valence-corrected chi connectivity index (χ0v) is 10.7. The summed E-state index contributed by atoms with van der Waals surface area (Å²) in [5.41, 5.74) is 0.503. The summed E-state index contributed by atoms with van der Waals surface area (Å²) in [7, 11) is 0. The highest BCUT2D eigenvalue weighted by molar-refractivity contribution is 7.99. The van der Waals surface area contributed by atoms with Crippen molar-refractivity contribution >= 4 is 46.6 Å². The van der Waals surface area contributed by atoms with Gasteiger partial charge in [-0.15, -0.1) is 11.8 Å². The van der Waals surface area contributed by atoms with E-state index in [1.54, 1.807) is 18.2 Å². The van der Waals surface area contributed by atoms with Crippen molar-refractivity contribution in [1.29, 1.82) is 0 Å². The predicted octanol–water partition coefficient (Wildman–Crippen LogP) is 2.66. The Morgan fingerprint density at radius 1 is 1.44 bits per heavy atom. The minimum Gasteiger partial charge on any atom is -0.396 e. The van der Waals surface area contributed by atoms with Gasteiger partial charge >= 0.3 is 0 Å². The molecule has 0 saturated heterocycles. The van der Waals surface area contributed by atoms with Gasteiger partial charge in [0.2, 0.25) is 5.91 Å². The molecule has 2 N–H and O–H groups in total. The number of aliphatic hydroxyl groups is 1. The summed E-state index contributed by atoms with van der Waals surface area (Å²) in [5.74, 6) is 0.655. The monoisotopic (exact) mass is 279 g/mol. The van der Waals surface area contributed by atoms with Crippen molar-refractivity contribution in [2.24, 2.45) is 0 Å². The molecule has 3 nitrogen and oxygen atoms in total. The van der Waals surface area contributed by atoms with Gasteiger partial charge in [0, 0.05) is 5.75 Å². The summed E-state index contributed by atoms with van der Waals surface area (Å²) in [6.45, 7) is 0.0653. The minimum atomic E-state index is -0.164. The zero-order chi connectivity index (χ0) is 12.0. The molecule has 0 bridgehead atoms. The Morgan fingerprint density at radius 3 is 2.88 bits per heavy atom. The fourth-order valence-corrected chi connectivity index (χ4v) is 1.89. The largest absolute Gasteiger partial charge is 0.396 e. The molecule has 0 fully saturated rings. The van der Waals surface area contributed by atoms with E-state index in [9.17, 15) is 4.79 Å². The molecule has 6 heteroatoms. The molecular weight excluding hydrogens is 269 g/mol. The van der Waals surface area contributed by atoms with Gasteiger partial charge in [-0.05, 0) is 12.1 Å². The van der Waals surface area contributed by atoms with Crippen LogP contribution in [0.25, 0.3) is 0 Å². The number of benzene rings is 1. The van der Waals surface area contributed by atoms with Crippen LogP contribution < -0.4 is 5.32 Å². The van der Waals surface area contributed by atoms with Crippen molar-refractivity contribution in [3.63, 3.8) is 0 Å². The van der Waals surface area contributed by atoms with Gasteiger partial charge in [0.05, 0.1) is 28.1 Å². The van der Waals surface area contributed by atoms with Crippen LogP contribution in [-0.4, -0.2) is 29.1 Å². The molecule has 1 amide bonds. The summed E-state index contributed by atoms with van der Waals surface area (Å²) >= 11 is 13.1. The lowest BCUT2D eigenvalue weighted by Gasteiger charge is -2.07. The molecule has 0 unspecified atom stereocenters. The summed E-state index contributed by atoms with van der Waals surface area (Å²) in [4.78, 5) is 11.4. The molecule has 0 heterocycles. The van der Waals surface area contributed by atoms with E-state index in [1.807, 2.05) is 0 Å². The van der Waals surface area contributed by atoms with Crippen molar-refractivity contribution in [2.45, 2.75) is 0 Å². The van der Waals surface area contributed by atoms with Gasteiger partial charge < -0.3 is 10.4 Å². The van der Waals surface area contributed by atoms with Crippen LogP contribution in [0.4, 0.5) is 5.69 Å². The van der Waals surface area contributed by atoms with Crippen LogP contribution in [0.3, 0.4) is 0 Å². The highest BCUT2D eigenvalue weighted by Crippen LogP contribution is 2.29. The number of carbonyl (C=O) groups excluding carboxylic acids is 1. The SMILES string of the molecule is O=C(CSCCO)Nc1cccc(Cl)c1Cl. The van der Waals surface area contributed by atoms with Crippen molar-refractivity contribution < 1.29 is 9.90 Å².